The number of aromatic nitrogens is 2. The molecule has 0 radical (unpaired) electrons. The molecule has 3 amide bonds. The summed E-state index contributed by atoms with van der Waals surface area (Å²) in [7, 11) is 1.74. The molecule has 2 fully saturated rings. The van der Waals surface area contributed by atoms with Crippen LogP contribution in [0.5, 0.6) is 0 Å². The van der Waals surface area contributed by atoms with Crippen LogP contribution in [0.2, 0.25) is 0 Å². The van der Waals surface area contributed by atoms with Gasteiger partial charge in [0, 0.05) is 51.0 Å². The molecule has 33 heavy (non-hydrogen) atoms. The first-order valence-corrected chi connectivity index (χ1v) is 11.2. The van der Waals surface area contributed by atoms with Crippen LogP contribution in [0.15, 0.2) is 30.5 Å². The van der Waals surface area contributed by atoms with Crippen molar-refractivity contribution in [1.82, 2.24) is 24.9 Å². The van der Waals surface area contributed by atoms with E-state index in [0.29, 0.717) is 24.3 Å². The molecule has 174 valence electrons. The molecule has 2 aromatic rings. The Bertz CT molecular complexity index is 1100. The number of fused-ring (bicyclic) bond motifs is 1. The number of amides is 3. The Morgan fingerprint density at radius 2 is 2.09 bits per heavy atom. The zero-order valence-electron chi connectivity index (χ0n) is 18.6. The molecule has 1 aromatic carbocycles. The van der Waals surface area contributed by atoms with Crippen LogP contribution in [0.25, 0.3) is 0 Å². The van der Waals surface area contributed by atoms with Crippen molar-refractivity contribution in [1.29, 1.82) is 0 Å². The van der Waals surface area contributed by atoms with E-state index in [1.165, 1.54) is 0 Å². The lowest BCUT2D eigenvalue weighted by atomic mass is 10.0. The van der Waals surface area contributed by atoms with Gasteiger partial charge in [0.25, 0.3) is 5.91 Å². The fraction of sp³-hybridized carbons (Fsp3) is 0.478. The number of carbonyl (C=O) groups is 3. The summed E-state index contributed by atoms with van der Waals surface area (Å²) in [6.45, 7) is 2.65. The third-order valence-corrected chi connectivity index (χ3v) is 6.86. The van der Waals surface area contributed by atoms with Crippen LogP contribution in [-0.2, 0) is 34.0 Å². The van der Waals surface area contributed by atoms with Gasteiger partial charge in [0.2, 0.25) is 11.8 Å². The SMILES string of the molecule is CO[C@@H]1C[C@@H](Cn2ccc(N)n2)N(Cc2ccc3c(c2)CN(C2CCC(=O)NC2=O)C3=O)C1. The molecule has 1 aromatic heterocycles. The Morgan fingerprint density at radius 3 is 2.82 bits per heavy atom. The molecule has 3 atom stereocenters. The molecule has 3 N–H and O–H groups in total. The maximum absolute atomic E-state index is 12.9. The lowest BCUT2D eigenvalue weighted by molar-refractivity contribution is -0.136. The van der Waals surface area contributed by atoms with Gasteiger partial charge in [0.15, 0.2) is 0 Å². The zero-order chi connectivity index (χ0) is 23.1. The van der Waals surface area contributed by atoms with Crippen LogP contribution in [-0.4, -0.2) is 69.1 Å². The number of hydrogen-bond donors (Lipinski definition) is 2. The number of rotatable bonds is 6. The number of likely N-dealkylation sites (tertiary alicyclic amines) is 1. The number of anilines is 1. The molecule has 1 unspecified atom stereocenters. The zero-order valence-corrected chi connectivity index (χ0v) is 18.6. The molecule has 0 saturated carbocycles. The van der Waals surface area contributed by atoms with Crippen molar-refractivity contribution >= 4 is 23.5 Å². The number of nitrogens with two attached hydrogens (primary N) is 1. The van der Waals surface area contributed by atoms with E-state index in [0.717, 1.165) is 37.2 Å². The molecule has 2 saturated heterocycles. The van der Waals surface area contributed by atoms with Crippen molar-refractivity contribution < 1.29 is 19.1 Å². The topological polar surface area (TPSA) is 123 Å². The molecule has 3 aliphatic heterocycles. The predicted molar refractivity (Wildman–Crippen MR) is 119 cm³/mol. The molecule has 0 spiro atoms. The number of nitrogens with one attached hydrogen (secondary N) is 1. The number of hydrogen-bond acceptors (Lipinski definition) is 7. The van der Waals surface area contributed by atoms with E-state index in [2.05, 4.69) is 21.4 Å². The summed E-state index contributed by atoms with van der Waals surface area (Å²) in [5.74, 6) is -0.319. The number of nitrogen functional groups attached to an aromatic ring is 1. The Kier molecular flexibility index (Phi) is 5.63. The van der Waals surface area contributed by atoms with Crippen molar-refractivity contribution in [3.8, 4) is 0 Å². The van der Waals surface area contributed by atoms with Crippen LogP contribution in [0.4, 0.5) is 5.82 Å². The third kappa shape index (κ3) is 4.23. The number of imide groups is 1. The van der Waals surface area contributed by atoms with Crippen molar-refractivity contribution in [2.45, 2.75) is 57.1 Å². The highest BCUT2D eigenvalue weighted by Crippen LogP contribution is 2.30. The summed E-state index contributed by atoms with van der Waals surface area (Å²) in [5.41, 5.74) is 8.42. The second-order valence-electron chi connectivity index (χ2n) is 9.03. The average molecular weight is 453 g/mol. The van der Waals surface area contributed by atoms with Crippen LogP contribution >= 0.6 is 0 Å². The smallest absolute Gasteiger partial charge is 0.255 e. The standard InChI is InChI=1S/C23H28N6O4/c1-33-17-9-16(12-28-7-6-20(24)26-28)27(13-17)10-14-2-3-18-15(8-14)11-29(23(18)32)19-4-5-21(30)25-22(19)31/h2-3,6-8,16-17,19H,4-5,9-13H2,1H3,(H2,24,26)(H,25,30,31)/t16-,17+,19?/m0/s1. The molecule has 10 nitrogen and oxygen atoms in total. The first-order valence-electron chi connectivity index (χ1n) is 11.2. The summed E-state index contributed by atoms with van der Waals surface area (Å²) in [5, 5.41) is 6.66. The van der Waals surface area contributed by atoms with Crippen molar-refractivity contribution in [2.24, 2.45) is 0 Å². The number of ether oxygens (including phenoxy) is 1. The molecule has 0 bridgehead atoms. The Morgan fingerprint density at radius 1 is 1.24 bits per heavy atom. The first kappa shape index (κ1) is 21.6. The summed E-state index contributed by atoms with van der Waals surface area (Å²) in [4.78, 5) is 40.6. The lowest BCUT2D eigenvalue weighted by Gasteiger charge is -2.29. The Hall–Kier alpha value is -3.24. The van der Waals surface area contributed by atoms with E-state index >= 15 is 0 Å². The summed E-state index contributed by atoms with van der Waals surface area (Å²) in [6, 6.07) is 7.34. The highest BCUT2D eigenvalue weighted by molar-refractivity contribution is 6.05. The highest BCUT2D eigenvalue weighted by atomic mass is 16.5. The summed E-state index contributed by atoms with van der Waals surface area (Å²) < 4.78 is 7.50. The second-order valence-corrected chi connectivity index (χ2v) is 9.03. The van der Waals surface area contributed by atoms with Gasteiger partial charge in [-0.3, -0.25) is 29.3 Å². The van der Waals surface area contributed by atoms with Gasteiger partial charge in [-0.25, -0.2) is 0 Å². The lowest BCUT2D eigenvalue weighted by Crippen LogP contribution is -2.52. The van der Waals surface area contributed by atoms with Gasteiger partial charge in [-0.05, 0) is 36.1 Å². The number of carbonyl (C=O) groups excluding carboxylic acids is 3. The largest absolute Gasteiger partial charge is 0.382 e. The van der Waals surface area contributed by atoms with Crippen LogP contribution in [0.3, 0.4) is 0 Å². The monoisotopic (exact) mass is 452 g/mol. The molecule has 4 heterocycles. The van der Waals surface area contributed by atoms with E-state index in [1.54, 1.807) is 18.1 Å². The van der Waals surface area contributed by atoms with Crippen molar-refractivity contribution in [3.63, 3.8) is 0 Å². The van der Waals surface area contributed by atoms with E-state index in [-0.39, 0.29) is 30.4 Å². The third-order valence-electron chi connectivity index (χ3n) is 6.86. The first-order chi connectivity index (χ1) is 15.9. The van der Waals surface area contributed by atoms with Gasteiger partial charge in [-0.2, -0.15) is 5.10 Å². The van der Waals surface area contributed by atoms with Gasteiger partial charge < -0.3 is 15.4 Å². The fourth-order valence-corrected chi connectivity index (χ4v) is 5.15. The molecule has 0 aliphatic carbocycles. The van der Waals surface area contributed by atoms with Gasteiger partial charge >= 0.3 is 0 Å². The van der Waals surface area contributed by atoms with E-state index in [4.69, 9.17) is 10.5 Å². The van der Waals surface area contributed by atoms with Crippen molar-refractivity contribution in [3.05, 3.63) is 47.2 Å². The highest BCUT2D eigenvalue weighted by Gasteiger charge is 2.39. The quantitative estimate of drug-likeness (QED) is 0.613. The van der Waals surface area contributed by atoms with E-state index in [1.807, 2.05) is 23.0 Å². The normalized spacial score (nSPS) is 25.5. The summed E-state index contributed by atoms with van der Waals surface area (Å²) >= 11 is 0. The predicted octanol–water partition coefficient (Wildman–Crippen LogP) is 0.516. The average Bonchev–Trinajstić information content (AvgIpc) is 3.46. The van der Waals surface area contributed by atoms with Gasteiger partial charge in [-0.15, -0.1) is 0 Å². The molecule has 5 rings (SSSR count). The summed E-state index contributed by atoms with van der Waals surface area (Å²) in [6.07, 6.45) is 3.56. The molecule has 3 aliphatic rings. The maximum Gasteiger partial charge on any atom is 0.255 e. The van der Waals surface area contributed by atoms with Crippen LogP contribution < -0.4 is 11.1 Å². The van der Waals surface area contributed by atoms with E-state index in [9.17, 15) is 14.4 Å². The van der Waals surface area contributed by atoms with Gasteiger partial charge in [0.1, 0.15) is 11.9 Å². The number of nitrogens with zero attached hydrogens (tertiary/aromatic N) is 4. The maximum atomic E-state index is 12.9. The Labute approximate surface area is 191 Å². The van der Waals surface area contributed by atoms with Crippen molar-refractivity contribution in [2.75, 3.05) is 19.4 Å². The Balaban J connectivity index is 1.30. The molecular formula is C23H28N6O4. The minimum absolute atomic E-state index is 0.152. The molecular weight excluding hydrogens is 424 g/mol. The number of piperidine rings is 1. The molecule has 10 heteroatoms. The fourth-order valence-electron chi connectivity index (χ4n) is 5.15. The number of methoxy groups -OCH3 is 1. The van der Waals surface area contributed by atoms with Gasteiger partial charge in [-0.1, -0.05) is 12.1 Å². The van der Waals surface area contributed by atoms with Crippen LogP contribution in [0, 0.1) is 0 Å². The van der Waals surface area contributed by atoms with E-state index < -0.39 is 11.9 Å². The minimum Gasteiger partial charge on any atom is -0.382 e. The van der Waals surface area contributed by atoms with Crippen LogP contribution in [0.1, 0.15) is 40.7 Å². The minimum atomic E-state index is -0.599. The second kappa shape index (κ2) is 8.60. The van der Waals surface area contributed by atoms with Gasteiger partial charge in [0.05, 0.1) is 12.6 Å². The number of benzene rings is 1.